The van der Waals surface area contributed by atoms with Gasteiger partial charge in [0.25, 0.3) is 0 Å². The molecule has 1 unspecified atom stereocenters. The first-order valence-electron chi connectivity index (χ1n) is 16.9. The highest BCUT2D eigenvalue weighted by molar-refractivity contribution is 5.90. The second-order valence-corrected chi connectivity index (χ2v) is 12.3. The van der Waals surface area contributed by atoms with Gasteiger partial charge in [0.15, 0.2) is 23.2 Å². The Kier molecular flexibility index (Phi) is 13.9. The summed E-state index contributed by atoms with van der Waals surface area (Å²) in [6.07, 6.45) is 18.0. The first kappa shape index (κ1) is 36.8. The summed E-state index contributed by atoms with van der Waals surface area (Å²) in [5.41, 5.74) is 3.28. The van der Waals surface area contributed by atoms with Crippen molar-refractivity contribution in [2.24, 2.45) is 11.0 Å². The zero-order chi connectivity index (χ0) is 35.2. The number of aromatic nitrogens is 3. The molecular weight excluding hydrogens is 616 g/mol. The van der Waals surface area contributed by atoms with Gasteiger partial charge in [-0.25, -0.2) is 20.0 Å². The van der Waals surface area contributed by atoms with Gasteiger partial charge >= 0.3 is 0 Å². The number of likely N-dealkylation sites (N-methyl/N-ethyl adjacent to an activating group) is 1. The van der Waals surface area contributed by atoms with Gasteiger partial charge in [0.05, 0.1) is 17.8 Å². The van der Waals surface area contributed by atoms with Crippen LogP contribution in [0.2, 0.25) is 0 Å². The molecule has 0 bridgehead atoms. The molecule has 49 heavy (non-hydrogen) atoms. The highest BCUT2D eigenvalue weighted by atomic mass is 16.5. The molecule has 0 aliphatic carbocycles. The lowest BCUT2D eigenvalue weighted by Gasteiger charge is -2.24. The number of hydrazone groups is 1. The molecule has 2 aliphatic heterocycles. The zero-order valence-corrected chi connectivity index (χ0v) is 29.9. The van der Waals surface area contributed by atoms with Crippen LogP contribution in [0, 0.1) is 5.92 Å². The largest absolute Gasteiger partial charge is 0.489 e. The van der Waals surface area contributed by atoms with Crippen molar-refractivity contribution in [1.82, 2.24) is 24.9 Å². The molecule has 1 aromatic carbocycles. The van der Waals surface area contributed by atoms with E-state index < -0.39 is 0 Å². The van der Waals surface area contributed by atoms with Gasteiger partial charge in [-0.05, 0) is 77.7 Å². The van der Waals surface area contributed by atoms with Crippen LogP contribution in [0.4, 0.5) is 17.3 Å². The summed E-state index contributed by atoms with van der Waals surface area (Å²) in [5, 5.41) is 9.55. The van der Waals surface area contributed by atoms with Crippen molar-refractivity contribution in [2.45, 2.75) is 53.9 Å². The number of unbranched alkanes of at least 4 members (excludes halogenated alkanes) is 2. The fourth-order valence-corrected chi connectivity index (χ4v) is 5.19. The quantitative estimate of drug-likeness (QED) is 0.119. The van der Waals surface area contributed by atoms with Gasteiger partial charge in [-0.2, -0.15) is 5.10 Å². The van der Waals surface area contributed by atoms with Crippen molar-refractivity contribution in [2.75, 3.05) is 50.6 Å². The fourth-order valence-electron chi connectivity index (χ4n) is 5.19. The van der Waals surface area contributed by atoms with Gasteiger partial charge in [-0.15, -0.1) is 0 Å². The number of ketones is 1. The fraction of sp³-hybridized carbons (Fsp3) is 0.395. The SMILES string of the molecule is C/C=N\N1C=CC(Oc2ccc(Nc3ncnc4cc5c(nc34)N(CCCCC)CC(C)CO5)cc2)=C/C1=C\C.CC(=O)/C=C/CN(C)C. The maximum absolute atomic E-state index is 10.3. The average Bonchev–Trinajstić information content (AvgIpc) is 3.23. The number of pyridine rings is 1. The molecule has 0 spiro atoms. The van der Waals surface area contributed by atoms with Crippen molar-refractivity contribution >= 4 is 40.4 Å². The molecular formula is C38H50N8O3. The van der Waals surface area contributed by atoms with E-state index in [1.165, 1.54) is 12.8 Å². The lowest BCUT2D eigenvalue weighted by Crippen LogP contribution is -2.30. The van der Waals surface area contributed by atoms with Crippen molar-refractivity contribution in [1.29, 1.82) is 0 Å². The van der Waals surface area contributed by atoms with Crippen LogP contribution in [0.25, 0.3) is 11.0 Å². The number of ether oxygens (including phenoxy) is 2. The molecule has 3 aromatic rings. The van der Waals surface area contributed by atoms with Crippen LogP contribution >= 0.6 is 0 Å². The summed E-state index contributed by atoms with van der Waals surface area (Å²) in [6.45, 7) is 13.2. The molecule has 0 saturated heterocycles. The van der Waals surface area contributed by atoms with Crippen LogP contribution in [0.3, 0.4) is 0 Å². The van der Waals surface area contributed by atoms with E-state index in [0.717, 1.165) is 71.5 Å². The predicted octanol–water partition coefficient (Wildman–Crippen LogP) is 7.49. The topological polar surface area (TPSA) is 108 Å². The monoisotopic (exact) mass is 666 g/mol. The third-order valence-electron chi connectivity index (χ3n) is 7.59. The smallest absolute Gasteiger partial charge is 0.172 e. The second-order valence-electron chi connectivity index (χ2n) is 12.3. The molecule has 4 heterocycles. The van der Waals surface area contributed by atoms with E-state index in [-0.39, 0.29) is 5.78 Å². The Morgan fingerprint density at radius 1 is 1.18 bits per heavy atom. The lowest BCUT2D eigenvalue weighted by atomic mass is 10.1. The Hall–Kier alpha value is -5.03. The number of nitrogens with one attached hydrogen (secondary N) is 1. The first-order valence-corrected chi connectivity index (χ1v) is 16.9. The number of nitrogens with zero attached hydrogens (tertiary/aromatic N) is 7. The molecule has 2 aromatic heterocycles. The summed E-state index contributed by atoms with van der Waals surface area (Å²) in [7, 11) is 3.93. The molecule has 260 valence electrons. The standard InChI is InChI=1S/C31H37N7O2.C7H13NO/c1-5-8-9-15-37-19-22(4)20-39-28-18-27-29(36-31(28)37)30(33-21-32-27)35-23-10-12-25(13-11-23)40-26-14-16-38(34-7-3)24(6-2)17-26;1-7(9)5-4-6-8(2)3/h6-7,10-14,16-18,21-22H,5,8-9,15,19-20H2,1-4H3,(H,32,33,35);4-5H,6H2,1-3H3/b24-6+,34-7-;5-4+. The van der Waals surface area contributed by atoms with E-state index in [0.29, 0.717) is 18.3 Å². The number of hydrogen-bond donors (Lipinski definition) is 1. The minimum absolute atomic E-state index is 0.108. The predicted molar refractivity (Wildman–Crippen MR) is 199 cm³/mol. The summed E-state index contributed by atoms with van der Waals surface area (Å²) < 4.78 is 12.2. The second kappa shape index (κ2) is 18.5. The van der Waals surface area contributed by atoms with Gasteiger partial charge in [0, 0.05) is 55.8 Å². The molecule has 11 nitrogen and oxygen atoms in total. The lowest BCUT2D eigenvalue weighted by molar-refractivity contribution is -0.112. The number of allylic oxidation sites excluding steroid dienone is 4. The van der Waals surface area contributed by atoms with Crippen molar-refractivity contribution < 1.29 is 14.3 Å². The van der Waals surface area contributed by atoms with E-state index >= 15 is 0 Å². The Labute approximate surface area is 290 Å². The van der Waals surface area contributed by atoms with Crippen molar-refractivity contribution in [3.8, 4) is 11.5 Å². The van der Waals surface area contributed by atoms with Gasteiger partial charge in [0.1, 0.15) is 23.4 Å². The van der Waals surface area contributed by atoms with Crippen LogP contribution < -0.4 is 19.7 Å². The van der Waals surface area contributed by atoms with E-state index in [1.807, 2.05) is 93.7 Å². The minimum atomic E-state index is 0.108. The Balaban J connectivity index is 0.000000529. The molecule has 5 rings (SSSR count). The van der Waals surface area contributed by atoms with Crippen LogP contribution in [-0.2, 0) is 4.79 Å². The van der Waals surface area contributed by atoms with Crippen LogP contribution in [0.5, 0.6) is 11.5 Å². The van der Waals surface area contributed by atoms with E-state index in [4.69, 9.17) is 14.5 Å². The summed E-state index contributed by atoms with van der Waals surface area (Å²) in [5.74, 6) is 4.30. The van der Waals surface area contributed by atoms with Crippen molar-refractivity contribution in [3.63, 3.8) is 0 Å². The molecule has 1 N–H and O–H groups in total. The zero-order valence-electron chi connectivity index (χ0n) is 29.9. The van der Waals surface area contributed by atoms with Crippen LogP contribution in [0.1, 0.15) is 53.9 Å². The van der Waals surface area contributed by atoms with Gasteiger partial charge in [0.2, 0.25) is 0 Å². The number of rotatable bonds is 12. The van der Waals surface area contributed by atoms with Gasteiger partial charge < -0.3 is 24.6 Å². The average molecular weight is 667 g/mol. The normalized spacial score (nSPS) is 16.8. The molecule has 0 amide bonds. The highest BCUT2D eigenvalue weighted by Crippen LogP contribution is 2.35. The molecule has 2 aliphatic rings. The number of benzene rings is 1. The molecule has 11 heteroatoms. The highest BCUT2D eigenvalue weighted by Gasteiger charge is 2.24. The number of fused-ring (bicyclic) bond motifs is 2. The van der Waals surface area contributed by atoms with E-state index in [9.17, 15) is 4.79 Å². The maximum atomic E-state index is 10.3. The van der Waals surface area contributed by atoms with E-state index in [1.54, 1.807) is 30.6 Å². The van der Waals surface area contributed by atoms with Crippen LogP contribution in [0.15, 0.2) is 89.8 Å². The summed E-state index contributed by atoms with van der Waals surface area (Å²) in [4.78, 5) is 28.7. The Bertz CT molecular complexity index is 1700. The minimum Gasteiger partial charge on any atom is -0.489 e. The molecule has 0 fully saturated rings. The third kappa shape index (κ3) is 11.0. The van der Waals surface area contributed by atoms with Crippen molar-refractivity contribution in [3.05, 3.63) is 84.7 Å². The molecule has 1 atom stereocenters. The Morgan fingerprint density at radius 2 is 1.98 bits per heavy atom. The number of anilines is 3. The van der Waals surface area contributed by atoms with Gasteiger partial charge in [-0.3, -0.25) is 4.79 Å². The third-order valence-corrected chi connectivity index (χ3v) is 7.59. The Morgan fingerprint density at radius 3 is 2.67 bits per heavy atom. The number of carbonyl (C=O) groups excluding carboxylic acids is 1. The molecule has 0 radical (unpaired) electrons. The summed E-state index contributed by atoms with van der Waals surface area (Å²) in [6, 6.07) is 9.77. The number of hydrogen-bond acceptors (Lipinski definition) is 11. The van der Waals surface area contributed by atoms with E-state index in [2.05, 4.69) is 39.1 Å². The molecule has 0 saturated carbocycles. The summed E-state index contributed by atoms with van der Waals surface area (Å²) >= 11 is 0. The maximum Gasteiger partial charge on any atom is 0.172 e. The van der Waals surface area contributed by atoms with Crippen LogP contribution in [-0.4, -0.2) is 77.2 Å². The first-order chi connectivity index (χ1) is 23.7. The number of carbonyl (C=O) groups is 1. The van der Waals surface area contributed by atoms with Gasteiger partial charge in [-0.1, -0.05) is 38.8 Å².